The summed E-state index contributed by atoms with van der Waals surface area (Å²) >= 11 is 0. The lowest BCUT2D eigenvalue weighted by Gasteiger charge is -2.35. The number of rotatable bonds is 4. The third kappa shape index (κ3) is 3.81. The first-order chi connectivity index (χ1) is 14.1. The van der Waals surface area contributed by atoms with Crippen LogP contribution in [0.5, 0.6) is 5.75 Å². The Labute approximate surface area is 169 Å². The Bertz CT molecular complexity index is 1010. The lowest BCUT2D eigenvalue weighted by molar-refractivity contribution is 0.0740. The fourth-order valence-corrected chi connectivity index (χ4v) is 3.58. The van der Waals surface area contributed by atoms with Crippen LogP contribution < -0.4 is 9.64 Å². The van der Waals surface area contributed by atoms with Gasteiger partial charge in [-0.15, -0.1) is 0 Å². The van der Waals surface area contributed by atoms with E-state index in [4.69, 9.17) is 4.74 Å². The van der Waals surface area contributed by atoms with Gasteiger partial charge in [-0.3, -0.25) is 4.79 Å². The van der Waals surface area contributed by atoms with Crippen molar-refractivity contribution in [2.24, 2.45) is 0 Å². The van der Waals surface area contributed by atoms with Gasteiger partial charge in [-0.25, -0.2) is 9.07 Å². The zero-order valence-electron chi connectivity index (χ0n) is 16.5. The van der Waals surface area contributed by atoms with E-state index in [0.717, 1.165) is 17.1 Å². The Kier molecular flexibility index (Phi) is 5.20. The van der Waals surface area contributed by atoms with Crippen molar-refractivity contribution in [3.63, 3.8) is 0 Å². The molecule has 1 saturated heterocycles. The van der Waals surface area contributed by atoms with Crippen molar-refractivity contribution in [3.8, 4) is 11.4 Å². The molecule has 0 spiro atoms. The normalized spacial score (nSPS) is 14.2. The van der Waals surface area contributed by atoms with Crippen LogP contribution in [-0.2, 0) is 0 Å². The Morgan fingerprint density at radius 3 is 2.38 bits per heavy atom. The molecule has 150 valence electrons. The molecule has 0 unspecified atom stereocenters. The van der Waals surface area contributed by atoms with Gasteiger partial charge in [0.2, 0.25) is 0 Å². The molecular formula is C22H23FN4O2. The second-order valence-electron chi connectivity index (χ2n) is 7.01. The Hall–Kier alpha value is -3.35. The zero-order valence-corrected chi connectivity index (χ0v) is 16.5. The smallest absolute Gasteiger partial charge is 0.274 e. The van der Waals surface area contributed by atoms with Gasteiger partial charge < -0.3 is 14.5 Å². The maximum atomic E-state index is 14.0. The van der Waals surface area contributed by atoms with Gasteiger partial charge in [-0.05, 0) is 49.4 Å². The van der Waals surface area contributed by atoms with Crippen molar-refractivity contribution in [2.75, 3.05) is 38.2 Å². The summed E-state index contributed by atoms with van der Waals surface area (Å²) in [4.78, 5) is 16.7. The van der Waals surface area contributed by atoms with Gasteiger partial charge in [0.05, 0.1) is 18.5 Å². The second-order valence-corrected chi connectivity index (χ2v) is 7.01. The van der Waals surface area contributed by atoms with E-state index in [0.29, 0.717) is 37.6 Å². The summed E-state index contributed by atoms with van der Waals surface area (Å²) in [7, 11) is 1.62. The topological polar surface area (TPSA) is 50.6 Å². The number of aromatic nitrogens is 2. The molecule has 0 saturated carbocycles. The maximum absolute atomic E-state index is 14.0. The van der Waals surface area contributed by atoms with E-state index >= 15 is 0 Å². The van der Waals surface area contributed by atoms with E-state index in [1.165, 1.54) is 6.07 Å². The van der Waals surface area contributed by atoms with Gasteiger partial charge >= 0.3 is 0 Å². The van der Waals surface area contributed by atoms with Crippen LogP contribution in [0, 0.1) is 12.7 Å². The van der Waals surface area contributed by atoms with Crippen LogP contribution in [-0.4, -0.2) is 53.9 Å². The number of piperazine rings is 1. The zero-order chi connectivity index (χ0) is 20.4. The van der Waals surface area contributed by atoms with Gasteiger partial charge in [-0.1, -0.05) is 12.1 Å². The minimum absolute atomic E-state index is 0.103. The molecule has 1 aliphatic heterocycles. The van der Waals surface area contributed by atoms with Crippen LogP contribution >= 0.6 is 0 Å². The summed E-state index contributed by atoms with van der Waals surface area (Å²) in [6.07, 6.45) is 0. The number of para-hydroxylation sites is 1. The number of amides is 1. The van der Waals surface area contributed by atoms with Crippen LogP contribution in [0.15, 0.2) is 54.6 Å². The molecule has 2 heterocycles. The molecule has 7 heteroatoms. The molecule has 3 aromatic rings. The predicted molar refractivity (Wildman–Crippen MR) is 109 cm³/mol. The van der Waals surface area contributed by atoms with Crippen LogP contribution in [0.25, 0.3) is 5.69 Å². The molecule has 1 fully saturated rings. The number of halogens is 1. The molecule has 0 radical (unpaired) electrons. The van der Waals surface area contributed by atoms with Crippen molar-refractivity contribution in [3.05, 3.63) is 71.8 Å². The quantitative estimate of drug-likeness (QED) is 0.681. The van der Waals surface area contributed by atoms with Crippen molar-refractivity contribution in [2.45, 2.75) is 6.92 Å². The van der Waals surface area contributed by atoms with Gasteiger partial charge in [0.1, 0.15) is 11.6 Å². The highest BCUT2D eigenvalue weighted by Crippen LogP contribution is 2.21. The Morgan fingerprint density at radius 1 is 1.03 bits per heavy atom. The summed E-state index contributed by atoms with van der Waals surface area (Å²) in [5.41, 5.74) is 2.74. The van der Waals surface area contributed by atoms with E-state index < -0.39 is 0 Å². The lowest BCUT2D eigenvalue weighted by atomic mass is 10.2. The van der Waals surface area contributed by atoms with Gasteiger partial charge in [0, 0.05) is 31.9 Å². The SMILES string of the molecule is COc1ccc(-n2nc(C(=O)N3CCN(c4ccccc4F)CC3)cc2C)cc1. The number of hydrogen-bond acceptors (Lipinski definition) is 4. The van der Waals surface area contributed by atoms with Crippen molar-refractivity contribution < 1.29 is 13.9 Å². The molecule has 6 nitrogen and oxygen atoms in total. The Morgan fingerprint density at radius 2 is 1.72 bits per heavy atom. The minimum Gasteiger partial charge on any atom is -0.497 e. The van der Waals surface area contributed by atoms with Crippen LogP contribution in [0.3, 0.4) is 0 Å². The summed E-state index contributed by atoms with van der Waals surface area (Å²) in [6, 6.07) is 16.1. The summed E-state index contributed by atoms with van der Waals surface area (Å²) < 4.78 is 20.9. The molecule has 4 rings (SSSR count). The van der Waals surface area contributed by atoms with Gasteiger partial charge in [0.25, 0.3) is 5.91 Å². The average molecular weight is 394 g/mol. The molecular weight excluding hydrogens is 371 g/mol. The van der Waals surface area contributed by atoms with E-state index in [1.54, 1.807) is 34.9 Å². The highest BCUT2D eigenvalue weighted by Gasteiger charge is 2.25. The van der Waals surface area contributed by atoms with Crippen molar-refractivity contribution >= 4 is 11.6 Å². The third-order valence-electron chi connectivity index (χ3n) is 5.18. The Balaban J connectivity index is 1.46. The van der Waals surface area contributed by atoms with Crippen molar-refractivity contribution in [1.29, 1.82) is 0 Å². The molecule has 29 heavy (non-hydrogen) atoms. The van der Waals surface area contributed by atoms with Crippen molar-refractivity contribution in [1.82, 2.24) is 14.7 Å². The molecule has 2 aromatic carbocycles. The number of hydrogen-bond donors (Lipinski definition) is 0. The highest BCUT2D eigenvalue weighted by atomic mass is 19.1. The van der Waals surface area contributed by atoms with E-state index in [-0.39, 0.29) is 11.7 Å². The highest BCUT2D eigenvalue weighted by molar-refractivity contribution is 5.92. The monoisotopic (exact) mass is 394 g/mol. The maximum Gasteiger partial charge on any atom is 0.274 e. The number of carbonyl (C=O) groups excluding carboxylic acids is 1. The number of benzene rings is 2. The summed E-state index contributed by atoms with van der Waals surface area (Å²) in [5.74, 6) is 0.428. The van der Waals surface area contributed by atoms with Crippen LogP contribution in [0.4, 0.5) is 10.1 Å². The number of nitrogens with zero attached hydrogens (tertiary/aromatic N) is 4. The molecule has 0 atom stereocenters. The third-order valence-corrected chi connectivity index (χ3v) is 5.18. The van der Waals surface area contributed by atoms with Gasteiger partial charge in [-0.2, -0.15) is 5.10 Å². The fraction of sp³-hybridized carbons (Fsp3) is 0.273. The number of ether oxygens (including phenoxy) is 1. The predicted octanol–water partition coefficient (Wildman–Crippen LogP) is 3.29. The van der Waals surface area contributed by atoms with Crippen LogP contribution in [0.1, 0.15) is 16.2 Å². The molecule has 0 bridgehead atoms. The molecule has 1 aromatic heterocycles. The minimum atomic E-state index is -0.235. The summed E-state index contributed by atoms with van der Waals surface area (Å²) in [5, 5.41) is 4.51. The van der Waals surface area contributed by atoms with E-state index in [1.807, 2.05) is 42.2 Å². The molecule has 1 aliphatic rings. The standard InChI is InChI=1S/C22H23FN4O2/c1-16-15-20(24-27(16)17-7-9-18(29-2)10-8-17)22(28)26-13-11-25(12-14-26)21-6-4-3-5-19(21)23/h3-10,15H,11-14H2,1-2H3. The number of methoxy groups -OCH3 is 1. The fourth-order valence-electron chi connectivity index (χ4n) is 3.58. The summed E-state index contributed by atoms with van der Waals surface area (Å²) in [6.45, 7) is 4.16. The molecule has 1 amide bonds. The number of anilines is 1. The van der Waals surface area contributed by atoms with E-state index in [9.17, 15) is 9.18 Å². The first kappa shape index (κ1) is 19.0. The first-order valence-corrected chi connectivity index (χ1v) is 9.56. The number of carbonyl (C=O) groups is 1. The lowest BCUT2D eigenvalue weighted by Crippen LogP contribution is -2.49. The first-order valence-electron chi connectivity index (χ1n) is 9.56. The largest absolute Gasteiger partial charge is 0.497 e. The van der Waals surface area contributed by atoms with Crippen LogP contribution in [0.2, 0.25) is 0 Å². The van der Waals surface area contributed by atoms with Gasteiger partial charge in [0.15, 0.2) is 5.69 Å². The molecule has 0 aliphatic carbocycles. The van der Waals surface area contributed by atoms with E-state index in [2.05, 4.69) is 5.10 Å². The second kappa shape index (κ2) is 7.95. The number of aryl methyl sites for hydroxylation is 1. The molecule has 0 N–H and O–H groups in total. The average Bonchev–Trinajstić information content (AvgIpc) is 3.15.